The van der Waals surface area contributed by atoms with Gasteiger partial charge in [-0.25, -0.2) is 9.48 Å². The first-order valence-corrected chi connectivity index (χ1v) is 7.28. The van der Waals surface area contributed by atoms with Crippen molar-refractivity contribution in [3.8, 4) is 0 Å². The van der Waals surface area contributed by atoms with Crippen molar-refractivity contribution in [2.45, 2.75) is 33.2 Å². The Hall–Kier alpha value is -1.89. The molecule has 0 aliphatic carbocycles. The molecule has 0 fully saturated rings. The normalized spacial score (nSPS) is 12.4. The predicted octanol–water partition coefficient (Wildman–Crippen LogP) is 0.990. The van der Waals surface area contributed by atoms with E-state index in [2.05, 4.69) is 29.2 Å². The van der Waals surface area contributed by atoms with Crippen molar-refractivity contribution in [1.82, 2.24) is 20.0 Å². The van der Waals surface area contributed by atoms with Crippen molar-refractivity contribution in [2.24, 2.45) is 0 Å². The molecule has 2 N–H and O–H groups in total. The van der Waals surface area contributed by atoms with Crippen LogP contribution >= 0.6 is 0 Å². The highest BCUT2D eigenvalue weighted by Crippen LogP contribution is 2.09. The van der Waals surface area contributed by atoms with Crippen molar-refractivity contribution in [1.29, 1.82) is 0 Å². The number of hydrogen-bond donors (Lipinski definition) is 2. The second kappa shape index (κ2) is 8.41. The first-order valence-electron chi connectivity index (χ1n) is 7.28. The van der Waals surface area contributed by atoms with Gasteiger partial charge in [0.05, 0.1) is 0 Å². The number of carboxylic acids is 1. The fourth-order valence-electron chi connectivity index (χ4n) is 2.11. The van der Waals surface area contributed by atoms with E-state index in [1.54, 1.807) is 6.92 Å². The van der Waals surface area contributed by atoms with Crippen LogP contribution in [-0.2, 0) is 4.79 Å². The van der Waals surface area contributed by atoms with Crippen LogP contribution in [0.1, 0.15) is 43.7 Å². The van der Waals surface area contributed by atoms with E-state index < -0.39 is 12.0 Å². The molecule has 0 saturated heterocycles. The van der Waals surface area contributed by atoms with Crippen LogP contribution in [-0.4, -0.2) is 57.8 Å². The lowest BCUT2D eigenvalue weighted by atomic mass is 10.3. The largest absolute Gasteiger partial charge is 0.477 e. The Labute approximate surface area is 124 Å². The summed E-state index contributed by atoms with van der Waals surface area (Å²) >= 11 is 0. The molecule has 1 amide bonds. The first-order chi connectivity index (χ1) is 10.0. The van der Waals surface area contributed by atoms with E-state index in [1.165, 1.54) is 16.9 Å². The van der Waals surface area contributed by atoms with E-state index in [1.807, 2.05) is 0 Å². The molecule has 0 spiro atoms. The molecule has 118 valence electrons. The third-order valence-corrected chi connectivity index (χ3v) is 3.48. The van der Waals surface area contributed by atoms with Crippen molar-refractivity contribution in [3.63, 3.8) is 0 Å². The topological polar surface area (TPSA) is 87.5 Å². The standard InChI is InChI=1S/C14H24N4O3/c1-4-17(5-2)10-6-8-15-13(19)11(3)18-12(14(20)21)7-9-16-18/h7,9,11H,4-6,8,10H2,1-3H3,(H,15,19)(H,20,21). The molecule has 0 radical (unpaired) electrons. The van der Waals surface area contributed by atoms with Gasteiger partial charge in [0.15, 0.2) is 0 Å². The van der Waals surface area contributed by atoms with Crippen LogP contribution in [0, 0.1) is 0 Å². The molecule has 1 unspecified atom stereocenters. The van der Waals surface area contributed by atoms with Crippen LogP contribution < -0.4 is 5.32 Å². The molecule has 1 aromatic rings. The number of aromatic carboxylic acids is 1. The Balaban J connectivity index is 2.45. The van der Waals surface area contributed by atoms with E-state index in [0.29, 0.717) is 6.54 Å². The van der Waals surface area contributed by atoms with E-state index in [0.717, 1.165) is 26.1 Å². The van der Waals surface area contributed by atoms with Gasteiger partial charge in [0.2, 0.25) is 5.91 Å². The number of carbonyl (C=O) groups is 2. The molecular weight excluding hydrogens is 272 g/mol. The van der Waals surface area contributed by atoms with Crippen molar-refractivity contribution < 1.29 is 14.7 Å². The van der Waals surface area contributed by atoms with Gasteiger partial charge in [0, 0.05) is 12.7 Å². The Morgan fingerprint density at radius 3 is 2.67 bits per heavy atom. The zero-order valence-corrected chi connectivity index (χ0v) is 12.9. The van der Waals surface area contributed by atoms with Gasteiger partial charge in [0.25, 0.3) is 0 Å². The second-order valence-electron chi connectivity index (χ2n) is 4.81. The minimum atomic E-state index is -1.09. The molecule has 1 heterocycles. The van der Waals surface area contributed by atoms with Gasteiger partial charge in [-0.2, -0.15) is 5.10 Å². The highest BCUT2D eigenvalue weighted by molar-refractivity contribution is 5.87. The number of rotatable bonds is 9. The molecule has 0 aliphatic rings. The maximum Gasteiger partial charge on any atom is 0.354 e. The van der Waals surface area contributed by atoms with E-state index >= 15 is 0 Å². The fourth-order valence-corrected chi connectivity index (χ4v) is 2.11. The average molecular weight is 296 g/mol. The van der Waals surface area contributed by atoms with Gasteiger partial charge in [-0.15, -0.1) is 0 Å². The number of aromatic nitrogens is 2. The monoisotopic (exact) mass is 296 g/mol. The number of nitrogens with zero attached hydrogens (tertiary/aromatic N) is 3. The van der Waals surface area contributed by atoms with Crippen molar-refractivity contribution in [3.05, 3.63) is 18.0 Å². The highest BCUT2D eigenvalue weighted by Gasteiger charge is 2.20. The molecule has 0 bridgehead atoms. The highest BCUT2D eigenvalue weighted by atomic mass is 16.4. The molecule has 0 saturated carbocycles. The lowest BCUT2D eigenvalue weighted by molar-refractivity contribution is -0.124. The SMILES string of the molecule is CCN(CC)CCCNC(=O)C(C)n1nccc1C(=O)O. The third kappa shape index (κ3) is 4.86. The lowest BCUT2D eigenvalue weighted by Gasteiger charge is -2.18. The Morgan fingerprint density at radius 2 is 2.10 bits per heavy atom. The molecule has 7 heteroatoms. The zero-order valence-electron chi connectivity index (χ0n) is 12.9. The van der Waals surface area contributed by atoms with Gasteiger partial charge in [-0.3, -0.25) is 4.79 Å². The first kappa shape index (κ1) is 17.2. The molecule has 7 nitrogen and oxygen atoms in total. The van der Waals surface area contributed by atoms with E-state index in [9.17, 15) is 9.59 Å². The predicted molar refractivity (Wildman–Crippen MR) is 79.3 cm³/mol. The van der Waals surface area contributed by atoms with Gasteiger partial charge >= 0.3 is 5.97 Å². The second-order valence-corrected chi connectivity index (χ2v) is 4.81. The summed E-state index contributed by atoms with van der Waals surface area (Å²) in [6, 6.07) is 0.742. The lowest BCUT2D eigenvalue weighted by Crippen LogP contribution is -2.35. The number of carbonyl (C=O) groups excluding carboxylic acids is 1. The minimum absolute atomic E-state index is 0.0146. The molecular formula is C14H24N4O3. The van der Waals surface area contributed by atoms with Crippen molar-refractivity contribution in [2.75, 3.05) is 26.2 Å². The van der Waals surface area contributed by atoms with Crippen LogP contribution in [0.2, 0.25) is 0 Å². The Kier molecular flexibility index (Phi) is 6.87. The summed E-state index contributed by atoms with van der Waals surface area (Å²) in [5.41, 5.74) is 0.0146. The average Bonchev–Trinajstić information content (AvgIpc) is 2.96. The maximum absolute atomic E-state index is 12.0. The van der Waals surface area contributed by atoms with E-state index in [-0.39, 0.29) is 11.6 Å². The molecule has 21 heavy (non-hydrogen) atoms. The third-order valence-electron chi connectivity index (χ3n) is 3.48. The number of carboxylic acid groups (broad SMARTS) is 1. The summed E-state index contributed by atoms with van der Waals surface area (Å²) in [6.45, 7) is 9.35. The summed E-state index contributed by atoms with van der Waals surface area (Å²) in [7, 11) is 0. The van der Waals surface area contributed by atoms with Crippen LogP contribution in [0.3, 0.4) is 0 Å². The molecule has 1 aromatic heterocycles. The van der Waals surface area contributed by atoms with Gasteiger partial charge < -0.3 is 15.3 Å². The number of nitrogens with one attached hydrogen (secondary N) is 1. The van der Waals surface area contributed by atoms with Crippen LogP contribution in [0.4, 0.5) is 0 Å². The van der Waals surface area contributed by atoms with Crippen LogP contribution in [0.25, 0.3) is 0 Å². The summed E-state index contributed by atoms with van der Waals surface area (Å²) in [4.78, 5) is 25.3. The fraction of sp³-hybridized carbons (Fsp3) is 0.643. The van der Waals surface area contributed by atoms with Gasteiger partial charge in [0.1, 0.15) is 11.7 Å². The Morgan fingerprint density at radius 1 is 1.43 bits per heavy atom. The Bertz CT molecular complexity index is 469. The van der Waals surface area contributed by atoms with Gasteiger partial charge in [-0.05, 0) is 39.0 Å². The van der Waals surface area contributed by atoms with E-state index in [4.69, 9.17) is 5.11 Å². The summed E-state index contributed by atoms with van der Waals surface area (Å²) in [5.74, 6) is -1.31. The smallest absolute Gasteiger partial charge is 0.354 e. The molecule has 0 aromatic carbocycles. The molecule has 1 atom stereocenters. The van der Waals surface area contributed by atoms with Crippen molar-refractivity contribution >= 4 is 11.9 Å². The number of amides is 1. The summed E-state index contributed by atoms with van der Waals surface area (Å²) in [5, 5.41) is 15.7. The zero-order chi connectivity index (χ0) is 15.8. The van der Waals surface area contributed by atoms with Crippen LogP contribution in [0.15, 0.2) is 12.3 Å². The maximum atomic E-state index is 12.0. The number of hydrogen-bond acceptors (Lipinski definition) is 4. The molecule has 0 aliphatic heterocycles. The quantitative estimate of drug-likeness (QED) is 0.664. The summed E-state index contributed by atoms with van der Waals surface area (Å²) in [6.07, 6.45) is 2.25. The molecule has 1 rings (SSSR count). The summed E-state index contributed by atoms with van der Waals surface area (Å²) < 4.78 is 1.22. The minimum Gasteiger partial charge on any atom is -0.477 e. The van der Waals surface area contributed by atoms with Gasteiger partial charge in [-0.1, -0.05) is 13.8 Å². The van der Waals surface area contributed by atoms with Crippen LogP contribution in [0.5, 0.6) is 0 Å².